The van der Waals surface area contributed by atoms with Crippen molar-refractivity contribution in [3.05, 3.63) is 41.5 Å². The fourth-order valence-electron chi connectivity index (χ4n) is 2.79. The molecule has 0 radical (unpaired) electrons. The number of rotatable bonds is 8. The van der Waals surface area contributed by atoms with Crippen LogP contribution in [0, 0.1) is 0 Å². The number of pyridine rings is 1. The van der Waals surface area contributed by atoms with Gasteiger partial charge in [-0.15, -0.1) is 0 Å². The van der Waals surface area contributed by atoms with Gasteiger partial charge in [0.1, 0.15) is 12.4 Å². The van der Waals surface area contributed by atoms with Crippen molar-refractivity contribution >= 4 is 5.82 Å². The Balaban J connectivity index is 1.77. The fourth-order valence-corrected chi connectivity index (χ4v) is 2.79. The summed E-state index contributed by atoms with van der Waals surface area (Å²) in [6.07, 6.45) is 2.72. The Bertz CT molecular complexity index is 690. The molecule has 0 aliphatic carbocycles. The van der Waals surface area contributed by atoms with Crippen molar-refractivity contribution in [2.75, 3.05) is 32.2 Å². The van der Waals surface area contributed by atoms with E-state index < -0.39 is 0 Å². The average molecular weight is 344 g/mol. The van der Waals surface area contributed by atoms with Gasteiger partial charge in [0.25, 0.3) is 0 Å². The van der Waals surface area contributed by atoms with Gasteiger partial charge < -0.3 is 19.5 Å². The lowest BCUT2D eigenvalue weighted by Crippen LogP contribution is -2.11. The van der Waals surface area contributed by atoms with Gasteiger partial charge >= 0.3 is 0 Å². The molecule has 0 aromatic carbocycles. The normalized spacial score (nSPS) is 16.8. The molecule has 7 heteroatoms. The number of aromatic nitrogens is 3. The Kier molecular flexibility index (Phi) is 6.14. The van der Waals surface area contributed by atoms with Gasteiger partial charge in [-0.2, -0.15) is 0 Å². The standard InChI is InChI=1S/C18H24N4O3/c1-3-25-18-13(5-4-7-19-18)10-20-16-9-15(14-6-8-24-11-14)21-17(22-16)12-23-2/h4-5,7,9,14H,3,6,8,10-12H2,1-2H3,(H,20,21,22). The second-order valence-electron chi connectivity index (χ2n) is 5.84. The van der Waals surface area contributed by atoms with E-state index in [9.17, 15) is 0 Å². The molecule has 25 heavy (non-hydrogen) atoms. The number of hydrogen-bond acceptors (Lipinski definition) is 7. The molecule has 2 aromatic rings. The van der Waals surface area contributed by atoms with E-state index in [2.05, 4.69) is 20.3 Å². The average Bonchev–Trinajstić information content (AvgIpc) is 3.16. The maximum atomic E-state index is 5.57. The van der Waals surface area contributed by atoms with Gasteiger partial charge in [-0.05, 0) is 19.4 Å². The molecule has 1 aliphatic heterocycles. The SMILES string of the molecule is CCOc1ncccc1CNc1cc(C2CCOC2)nc(COC)n1. The maximum Gasteiger partial charge on any atom is 0.218 e. The molecule has 0 amide bonds. The molecule has 0 spiro atoms. The van der Waals surface area contributed by atoms with Gasteiger partial charge in [0.15, 0.2) is 5.82 Å². The first kappa shape index (κ1) is 17.6. The highest BCUT2D eigenvalue weighted by atomic mass is 16.5. The van der Waals surface area contributed by atoms with Crippen LogP contribution in [0.2, 0.25) is 0 Å². The van der Waals surface area contributed by atoms with Crippen molar-refractivity contribution in [1.82, 2.24) is 15.0 Å². The van der Waals surface area contributed by atoms with E-state index in [0.29, 0.717) is 44.0 Å². The van der Waals surface area contributed by atoms with Crippen molar-refractivity contribution in [1.29, 1.82) is 0 Å². The van der Waals surface area contributed by atoms with E-state index in [1.165, 1.54) is 0 Å². The highest BCUT2D eigenvalue weighted by Crippen LogP contribution is 2.25. The molecule has 134 valence electrons. The Hall–Kier alpha value is -2.25. The number of nitrogens with one attached hydrogen (secondary N) is 1. The second kappa shape index (κ2) is 8.73. The quantitative estimate of drug-likeness (QED) is 0.788. The van der Waals surface area contributed by atoms with E-state index in [1.54, 1.807) is 13.3 Å². The van der Waals surface area contributed by atoms with Gasteiger partial charge in [-0.25, -0.2) is 15.0 Å². The third-order valence-corrected chi connectivity index (χ3v) is 4.00. The molecule has 0 bridgehead atoms. The number of anilines is 1. The van der Waals surface area contributed by atoms with Crippen molar-refractivity contribution in [3.8, 4) is 5.88 Å². The van der Waals surface area contributed by atoms with Crippen molar-refractivity contribution in [3.63, 3.8) is 0 Å². The molecular weight excluding hydrogens is 320 g/mol. The van der Waals surface area contributed by atoms with E-state index in [-0.39, 0.29) is 0 Å². The zero-order valence-electron chi connectivity index (χ0n) is 14.7. The lowest BCUT2D eigenvalue weighted by molar-refractivity contribution is 0.177. The lowest BCUT2D eigenvalue weighted by atomic mass is 10.0. The van der Waals surface area contributed by atoms with E-state index in [0.717, 1.165) is 30.1 Å². The van der Waals surface area contributed by atoms with Crippen LogP contribution in [-0.4, -0.2) is 41.9 Å². The van der Waals surface area contributed by atoms with Crippen molar-refractivity contribution < 1.29 is 14.2 Å². The molecule has 1 aliphatic rings. The summed E-state index contributed by atoms with van der Waals surface area (Å²) in [6, 6.07) is 5.89. The van der Waals surface area contributed by atoms with Crippen LogP contribution in [0.4, 0.5) is 5.82 Å². The third-order valence-electron chi connectivity index (χ3n) is 4.00. The van der Waals surface area contributed by atoms with Crippen molar-refractivity contribution in [2.24, 2.45) is 0 Å². The molecule has 7 nitrogen and oxygen atoms in total. The largest absolute Gasteiger partial charge is 0.478 e. The van der Waals surface area contributed by atoms with Crippen LogP contribution in [0.15, 0.2) is 24.4 Å². The molecule has 0 saturated carbocycles. The summed E-state index contributed by atoms with van der Waals surface area (Å²) in [5, 5.41) is 3.35. The smallest absolute Gasteiger partial charge is 0.218 e. The summed E-state index contributed by atoms with van der Waals surface area (Å²) < 4.78 is 16.3. The highest BCUT2D eigenvalue weighted by Gasteiger charge is 2.20. The summed E-state index contributed by atoms with van der Waals surface area (Å²) >= 11 is 0. The topological polar surface area (TPSA) is 78.4 Å². The van der Waals surface area contributed by atoms with Gasteiger partial charge in [-0.1, -0.05) is 6.07 Å². The molecule has 1 fully saturated rings. The first-order chi connectivity index (χ1) is 12.3. The summed E-state index contributed by atoms with van der Waals surface area (Å²) in [6.45, 7) is 4.98. The molecule has 2 aromatic heterocycles. The second-order valence-corrected chi connectivity index (χ2v) is 5.84. The van der Waals surface area contributed by atoms with Crippen LogP contribution in [-0.2, 0) is 22.6 Å². The van der Waals surface area contributed by atoms with Crippen molar-refractivity contribution in [2.45, 2.75) is 32.4 Å². The Morgan fingerprint density at radius 1 is 1.36 bits per heavy atom. The number of ether oxygens (including phenoxy) is 3. The molecule has 1 saturated heterocycles. The zero-order valence-corrected chi connectivity index (χ0v) is 14.7. The third kappa shape index (κ3) is 4.64. The molecule has 1 N–H and O–H groups in total. The minimum absolute atomic E-state index is 0.316. The Morgan fingerprint density at radius 2 is 2.28 bits per heavy atom. The summed E-state index contributed by atoms with van der Waals surface area (Å²) in [5.74, 6) is 2.41. The minimum Gasteiger partial charge on any atom is -0.478 e. The summed E-state index contributed by atoms with van der Waals surface area (Å²) in [5.41, 5.74) is 1.99. The van der Waals surface area contributed by atoms with E-state index in [4.69, 9.17) is 14.2 Å². The van der Waals surface area contributed by atoms with Crippen LogP contribution in [0.3, 0.4) is 0 Å². The first-order valence-corrected chi connectivity index (χ1v) is 8.55. The van der Waals surface area contributed by atoms with E-state index >= 15 is 0 Å². The van der Waals surface area contributed by atoms with Gasteiger partial charge in [-0.3, -0.25) is 0 Å². The Morgan fingerprint density at radius 3 is 3.04 bits per heavy atom. The number of hydrogen-bond donors (Lipinski definition) is 1. The van der Waals surface area contributed by atoms with Crippen LogP contribution < -0.4 is 10.1 Å². The molecule has 1 atom stereocenters. The lowest BCUT2D eigenvalue weighted by Gasteiger charge is -2.14. The van der Waals surface area contributed by atoms with Crippen LogP contribution >= 0.6 is 0 Å². The first-order valence-electron chi connectivity index (χ1n) is 8.55. The van der Waals surface area contributed by atoms with Gasteiger partial charge in [0, 0.05) is 44.0 Å². The fraction of sp³-hybridized carbons (Fsp3) is 0.500. The highest BCUT2D eigenvalue weighted by molar-refractivity contribution is 5.39. The van der Waals surface area contributed by atoms with Gasteiger partial charge in [0.2, 0.25) is 5.88 Å². The number of nitrogens with zero attached hydrogens (tertiary/aromatic N) is 3. The summed E-state index contributed by atoms with van der Waals surface area (Å²) in [4.78, 5) is 13.4. The predicted molar refractivity (Wildman–Crippen MR) is 93.7 cm³/mol. The Labute approximate surface area is 147 Å². The molecule has 3 rings (SSSR count). The summed E-state index contributed by atoms with van der Waals surface area (Å²) in [7, 11) is 1.64. The van der Waals surface area contributed by atoms with Gasteiger partial charge in [0.05, 0.1) is 18.9 Å². The molecular formula is C18H24N4O3. The predicted octanol–water partition coefficient (Wildman–Crippen LogP) is 2.53. The van der Waals surface area contributed by atoms with Crippen LogP contribution in [0.25, 0.3) is 0 Å². The monoisotopic (exact) mass is 344 g/mol. The molecule has 1 unspecified atom stereocenters. The maximum absolute atomic E-state index is 5.57. The van der Waals surface area contributed by atoms with Crippen LogP contribution in [0.5, 0.6) is 5.88 Å². The zero-order chi connectivity index (χ0) is 17.5. The van der Waals surface area contributed by atoms with Crippen LogP contribution in [0.1, 0.15) is 36.3 Å². The minimum atomic E-state index is 0.316. The molecule has 3 heterocycles. The number of methoxy groups -OCH3 is 1. The van der Waals surface area contributed by atoms with E-state index in [1.807, 2.05) is 25.1 Å².